The predicted octanol–water partition coefficient (Wildman–Crippen LogP) is 4.17. The third kappa shape index (κ3) is 4.05. The van der Waals surface area contributed by atoms with Crippen LogP contribution in [0.2, 0.25) is 5.02 Å². The molecule has 114 valence electrons. The molecule has 0 aliphatic heterocycles. The number of benzene rings is 1. The summed E-state index contributed by atoms with van der Waals surface area (Å²) in [4.78, 5) is 20.2. The topological polar surface area (TPSA) is 64.1 Å². The van der Waals surface area contributed by atoms with Crippen LogP contribution in [0.15, 0.2) is 67.1 Å². The fourth-order valence-corrected chi connectivity index (χ4v) is 1.97. The third-order valence-electron chi connectivity index (χ3n) is 2.96. The van der Waals surface area contributed by atoms with E-state index in [1.807, 2.05) is 0 Å². The Kier molecular flexibility index (Phi) is 4.49. The maximum atomic E-state index is 12.1. The number of rotatable bonds is 4. The smallest absolute Gasteiger partial charge is 0.255 e. The number of nitrogens with zero attached hydrogens (tertiary/aromatic N) is 2. The Hall–Kier alpha value is -2.92. The number of carbonyl (C=O) groups is 1. The lowest BCUT2D eigenvalue weighted by Crippen LogP contribution is -2.11. The first kappa shape index (κ1) is 15.0. The summed E-state index contributed by atoms with van der Waals surface area (Å²) < 4.78 is 5.54. The Balaban J connectivity index is 1.65. The molecule has 1 amide bonds. The highest BCUT2D eigenvalue weighted by Crippen LogP contribution is 2.19. The molecule has 1 N–H and O–H groups in total. The minimum atomic E-state index is -0.232. The van der Waals surface area contributed by atoms with Crippen molar-refractivity contribution in [1.29, 1.82) is 0 Å². The summed E-state index contributed by atoms with van der Waals surface area (Å²) >= 11 is 5.80. The van der Waals surface area contributed by atoms with Crippen molar-refractivity contribution in [3.8, 4) is 11.6 Å². The first-order valence-electron chi connectivity index (χ1n) is 6.81. The van der Waals surface area contributed by atoms with Crippen molar-refractivity contribution in [1.82, 2.24) is 9.97 Å². The summed E-state index contributed by atoms with van der Waals surface area (Å²) in [5.74, 6) is 0.782. The molecule has 23 heavy (non-hydrogen) atoms. The van der Waals surface area contributed by atoms with E-state index >= 15 is 0 Å². The molecule has 0 saturated carbocycles. The molecule has 0 unspecified atom stereocenters. The Morgan fingerprint density at radius 2 is 1.87 bits per heavy atom. The van der Waals surface area contributed by atoms with E-state index in [0.29, 0.717) is 27.9 Å². The molecule has 3 aromatic rings. The highest BCUT2D eigenvalue weighted by Gasteiger charge is 2.06. The van der Waals surface area contributed by atoms with E-state index in [-0.39, 0.29) is 5.91 Å². The van der Waals surface area contributed by atoms with E-state index < -0.39 is 0 Å². The van der Waals surface area contributed by atoms with Crippen LogP contribution >= 0.6 is 11.6 Å². The van der Waals surface area contributed by atoms with Crippen molar-refractivity contribution in [2.45, 2.75) is 0 Å². The number of hydrogen-bond donors (Lipinski definition) is 1. The quantitative estimate of drug-likeness (QED) is 0.781. The summed E-state index contributed by atoms with van der Waals surface area (Å²) in [6.45, 7) is 0. The fraction of sp³-hybridized carbons (Fsp3) is 0. The van der Waals surface area contributed by atoms with E-state index in [1.165, 1.54) is 6.20 Å². The molecule has 0 saturated heterocycles. The molecule has 2 heterocycles. The predicted molar refractivity (Wildman–Crippen MR) is 88.0 cm³/mol. The lowest BCUT2D eigenvalue weighted by molar-refractivity contribution is 0.102. The van der Waals surface area contributed by atoms with Gasteiger partial charge in [0.15, 0.2) is 0 Å². The monoisotopic (exact) mass is 325 g/mol. The van der Waals surface area contributed by atoms with Gasteiger partial charge in [0.1, 0.15) is 5.75 Å². The third-order valence-corrected chi connectivity index (χ3v) is 3.21. The average molecular weight is 326 g/mol. The first-order valence-corrected chi connectivity index (χ1v) is 7.19. The second-order valence-electron chi connectivity index (χ2n) is 4.64. The van der Waals surface area contributed by atoms with Crippen LogP contribution in [0, 0.1) is 0 Å². The Bertz CT molecular complexity index is 790. The molecule has 0 atom stereocenters. The summed E-state index contributed by atoms with van der Waals surface area (Å²) in [6, 6.07) is 13.6. The number of anilines is 1. The van der Waals surface area contributed by atoms with Gasteiger partial charge in [0.05, 0.1) is 18.1 Å². The van der Waals surface area contributed by atoms with Crippen LogP contribution in [0.1, 0.15) is 10.4 Å². The van der Waals surface area contributed by atoms with Gasteiger partial charge in [-0.05, 0) is 42.5 Å². The number of halogens is 1. The van der Waals surface area contributed by atoms with Gasteiger partial charge in [-0.25, -0.2) is 4.98 Å². The maximum Gasteiger partial charge on any atom is 0.255 e. The van der Waals surface area contributed by atoms with E-state index in [2.05, 4.69) is 15.3 Å². The molecule has 0 spiro atoms. The normalized spacial score (nSPS) is 10.1. The summed E-state index contributed by atoms with van der Waals surface area (Å²) in [7, 11) is 0. The molecule has 0 radical (unpaired) electrons. The van der Waals surface area contributed by atoms with Gasteiger partial charge in [-0.3, -0.25) is 9.78 Å². The molecule has 0 bridgehead atoms. The molecular formula is C17H12ClN3O2. The molecule has 3 rings (SSSR count). The zero-order chi connectivity index (χ0) is 16.1. The van der Waals surface area contributed by atoms with Gasteiger partial charge in [0.2, 0.25) is 5.88 Å². The van der Waals surface area contributed by atoms with Crippen molar-refractivity contribution in [3.63, 3.8) is 0 Å². The van der Waals surface area contributed by atoms with Crippen LogP contribution in [-0.4, -0.2) is 15.9 Å². The Morgan fingerprint density at radius 3 is 2.52 bits per heavy atom. The lowest BCUT2D eigenvalue weighted by Gasteiger charge is -2.07. The number of nitrogens with one attached hydrogen (secondary N) is 1. The molecule has 2 aromatic heterocycles. The number of amides is 1. The molecular weight excluding hydrogens is 314 g/mol. The van der Waals surface area contributed by atoms with E-state index in [1.54, 1.807) is 60.9 Å². The van der Waals surface area contributed by atoms with Crippen LogP contribution in [0.5, 0.6) is 11.6 Å². The van der Waals surface area contributed by atoms with Gasteiger partial charge in [-0.2, -0.15) is 0 Å². The molecule has 1 aromatic carbocycles. The first-order chi connectivity index (χ1) is 11.2. The zero-order valence-electron chi connectivity index (χ0n) is 11.9. The second-order valence-corrected chi connectivity index (χ2v) is 5.07. The average Bonchev–Trinajstić information content (AvgIpc) is 2.58. The van der Waals surface area contributed by atoms with Gasteiger partial charge in [-0.1, -0.05) is 11.6 Å². The van der Waals surface area contributed by atoms with Crippen LogP contribution in [0.3, 0.4) is 0 Å². The molecule has 0 aliphatic carbocycles. The number of aromatic nitrogens is 2. The summed E-state index contributed by atoms with van der Waals surface area (Å²) in [5, 5.41) is 3.34. The van der Waals surface area contributed by atoms with E-state index in [4.69, 9.17) is 16.3 Å². The minimum Gasteiger partial charge on any atom is -0.437 e. The Morgan fingerprint density at radius 1 is 1.04 bits per heavy atom. The Labute approximate surface area is 137 Å². The highest BCUT2D eigenvalue weighted by atomic mass is 35.5. The van der Waals surface area contributed by atoms with Gasteiger partial charge >= 0.3 is 0 Å². The highest BCUT2D eigenvalue weighted by molar-refractivity contribution is 6.30. The van der Waals surface area contributed by atoms with Gasteiger partial charge in [0.25, 0.3) is 5.91 Å². The van der Waals surface area contributed by atoms with E-state index in [0.717, 1.165) is 0 Å². The summed E-state index contributed by atoms with van der Waals surface area (Å²) in [6.07, 6.45) is 4.78. The SMILES string of the molecule is O=C(Nc1ccc(Oc2cccnc2)nc1)c1ccc(Cl)cc1. The molecule has 6 heteroatoms. The van der Waals surface area contributed by atoms with Crippen LogP contribution in [0.25, 0.3) is 0 Å². The van der Waals surface area contributed by atoms with Crippen molar-refractivity contribution < 1.29 is 9.53 Å². The lowest BCUT2D eigenvalue weighted by atomic mass is 10.2. The number of carbonyl (C=O) groups excluding carboxylic acids is 1. The molecule has 0 fully saturated rings. The number of pyridine rings is 2. The van der Waals surface area contributed by atoms with Gasteiger partial charge in [-0.15, -0.1) is 0 Å². The second kappa shape index (κ2) is 6.89. The standard InChI is InChI=1S/C17H12ClN3O2/c18-13-5-3-12(4-6-13)17(22)21-14-7-8-16(20-10-14)23-15-2-1-9-19-11-15/h1-11H,(H,21,22). The molecule has 5 nitrogen and oxygen atoms in total. The zero-order valence-corrected chi connectivity index (χ0v) is 12.7. The van der Waals surface area contributed by atoms with Gasteiger partial charge < -0.3 is 10.1 Å². The van der Waals surface area contributed by atoms with Crippen LogP contribution in [-0.2, 0) is 0 Å². The van der Waals surface area contributed by atoms with Crippen molar-refractivity contribution in [2.24, 2.45) is 0 Å². The number of hydrogen-bond acceptors (Lipinski definition) is 4. The van der Waals surface area contributed by atoms with Crippen molar-refractivity contribution in [3.05, 3.63) is 77.7 Å². The largest absolute Gasteiger partial charge is 0.437 e. The minimum absolute atomic E-state index is 0.232. The fourth-order valence-electron chi connectivity index (χ4n) is 1.85. The van der Waals surface area contributed by atoms with Crippen molar-refractivity contribution >= 4 is 23.2 Å². The van der Waals surface area contributed by atoms with E-state index in [9.17, 15) is 4.79 Å². The van der Waals surface area contributed by atoms with Crippen molar-refractivity contribution in [2.75, 3.05) is 5.32 Å². The van der Waals surface area contributed by atoms with Gasteiger partial charge in [0, 0.05) is 22.8 Å². The van der Waals surface area contributed by atoms with Crippen LogP contribution in [0.4, 0.5) is 5.69 Å². The molecule has 0 aliphatic rings. The number of ether oxygens (including phenoxy) is 1. The maximum absolute atomic E-state index is 12.1. The van der Waals surface area contributed by atoms with Crippen LogP contribution < -0.4 is 10.1 Å². The summed E-state index contributed by atoms with van der Waals surface area (Å²) in [5.41, 5.74) is 1.09.